The van der Waals surface area contributed by atoms with Crippen molar-refractivity contribution in [1.82, 2.24) is 0 Å². The number of nitrogens with one attached hydrogen (secondary N) is 1. The number of allylic oxidation sites excluding steroid dienone is 1. The standard InChI is InChI=1S/C15H19NO2/c17-15(16-13-9-5-4-6-10-13)18-14-11-7-2-1-3-8-12-14/h2,4-7,9-10,14H,1,3,8,11-12H2,(H,16,17)/t14-/m1/s1. The van der Waals surface area contributed by atoms with E-state index in [-0.39, 0.29) is 12.2 Å². The Labute approximate surface area is 108 Å². The maximum Gasteiger partial charge on any atom is 0.411 e. The van der Waals surface area contributed by atoms with E-state index in [2.05, 4.69) is 17.5 Å². The number of amides is 1. The van der Waals surface area contributed by atoms with Crippen LogP contribution in [0.5, 0.6) is 0 Å². The zero-order chi connectivity index (χ0) is 12.6. The average Bonchev–Trinajstić information content (AvgIpc) is 2.34. The fourth-order valence-electron chi connectivity index (χ4n) is 2.05. The molecule has 96 valence electrons. The second-order valence-electron chi connectivity index (χ2n) is 4.51. The third kappa shape index (κ3) is 4.24. The first-order valence-electron chi connectivity index (χ1n) is 6.52. The largest absolute Gasteiger partial charge is 0.446 e. The molecule has 0 fully saturated rings. The van der Waals surface area contributed by atoms with Crippen LogP contribution in [0.2, 0.25) is 0 Å². The highest BCUT2D eigenvalue weighted by Crippen LogP contribution is 2.16. The van der Waals surface area contributed by atoms with Crippen LogP contribution in [-0.4, -0.2) is 12.2 Å². The molecule has 0 unspecified atom stereocenters. The van der Waals surface area contributed by atoms with Gasteiger partial charge in [0, 0.05) is 12.1 Å². The van der Waals surface area contributed by atoms with Crippen LogP contribution in [0, 0.1) is 0 Å². The number of anilines is 1. The first-order chi connectivity index (χ1) is 8.84. The van der Waals surface area contributed by atoms with E-state index in [1.165, 1.54) is 6.42 Å². The molecular formula is C15H19NO2. The number of benzene rings is 1. The summed E-state index contributed by atoms with van der Waals surface area (Å²) >= 11 is 0. The molecule has 1 aromatic rings. The summed E-state index contributed by atoms with van der Waals surface area (Å²) in [5.41, 5.74) is 0.767. The summed E-state index contributed by atoms with van der Waals surface area (Å²) in [4.78, 5) is 11.7. The van der Waals surface area contributed by atoms with Crippen molar-refractivity contribution in [3.63, 3.8) is 0 Å². The zero-order valence-corrected chi connectivity index (χ0v) is 10.5. The Bertz CT molecular complexity index is 400. The van der Waals surface area contributed by atoms with Gasteiger partial charge in [0.25, 0.3) is 0 Å². The van der Waals surface area contributed by atoms with Crippen molar-refractivity contribution < 1.29 is 9.53 Å². The van der Waals surface area contributed by atoms with Gasteiger partial charge in [0.05, 0.1) is 0 Å². The summed E-state index contributed by atoms with van der Waals surface area (Å²) in [5.74, 6) is 0. The van der Waals surface area contributed by atoms with E-state index >= 15 is 0 Å². The van der Waals surface area contributed by atoms with E-state index in [9.17, 15) is 4.79 Å². The van der Waals surface area contributed by atoms with E-state index in [0.717, 1.165) is 31.4 Å². The van der Waals surface area contributed by atoms with E-state index in [4.69, 9.17) is 4.74 Å². The minimum atomic E-state index is -0.361. The van der Waals surface area contributed by atoms with Gasteiger partial charge in [-0.3, -0.25) is 5.32 Å². The predicted molar refractivity (Wildman–Crippen MR) is 72.6 cm³/mol. The second-order valence-corrected chi connectivity index (χ2v) is 4.51. The highest BCUT2D eigenvalue weighted by atomic mass is 16.6. The summed E-state index contributed by atoms with van der Waals surface area (Å²) in [6.07, 6.45) is 9.14. The van der Waals surface area contributed by atoms with Crippen LogP contribution in [0.15, 0.2) is 42.5 Å². The molecule has 1 amide bonds. The summed E-state index contributed by atoms with van der Waals surface area (Å²) in [6.45, 7) is 0. The van der Waals surface area contributed by atoms with Gasteiger partial charge >= 0.3 is 6.09 Å². The van der Waals surface area contributed by atoms with Crippen molar-refractivity contribution in [3.05, 3.63) is 42.5 Å². The maximum absolute atomic E-state index is 11.7. The van der Waals surface area contributed by atoms with Gasteiger partial charge in [-0.2, -0.15) is 0 Å². The molecule has 1 N–H and O–H groups in total. The molecular weight excluding hydrogens is 226 g/mol. The molecule has 0 saturated heterocycles. The van der Waals surface area contributed by atoms with E-state index in [1.54, 1.807) is 0 Å². The van der Waals surface area contributed by atoms with Gasteiger partial charge < -0.3 is 4.74 Å². The number of rotatable bonds is 2. The molecule has 0 radical (unpaired) electrons. The normalized spacial score (nSPS) is 19.7. The van der Waals surface area contributed by atoms with Gasteiger partial charge in [-0.15, -0.1) is 0 Å². The summed E-state index contributed by atoms with van der Waals surface area (Å²) in [7, 11) is 0. The van der Waals surface area contributed by atoms with Crippen molar-refractivity contribution in [1.29, 1.82) is 0 Å². The number of carbonyl (C=O) groups is 1. The molecule has 3 heteroatoms. The van der Waals surface area contributed by atoms with Crippen molar-refractivity contribution in [3.8, 4) is 0 Å². The van der Waals surface area contributed by atoms with Gasteiger partial charge in [-0.25, -0.2) is 4.79 Å². The third-order valence-corrected chi connectivity index (χ3v) is 3.01. The summed E-state index contributed by atoms with van der Waals surface area (Å²) in [5, 5.41) is 2.74. The van der Waals surface area contributed by atoms with Gasteiger partial charge in [-0.1, -0.05) is 30.4 Å². The van der Waals surface area contributed by atoms with Gasteiger partial charge in [0.2, 0.25) is 0 Å². The van der Waals surface area contributed by atoms with Crippen molar-refractivity contribution >= 4 is 11.8 Å². The van der Waals surface area contributed by atoms with Gasteiger partial charge in [-0.05, 0) is 37.8 Å². The number of carbonyl (C=O) groups excluding carboxylic acids is 1. The molecule has 1 aliphatic carbocycles. The highest BCUT2D eigenvalue weighted by molar-refractivity contribution is 5.84. The van der Waals surface area contributed by atoms with E-state index in [1.807, 2.05) is 30.3 Å². The lowest BCUT2D eigenvalue weighted by Crippen LogP contribution is -2.22. The lowest BCUT2D eigenvalue weighted by atomic mass is 10.0. The monoisotopic (exact) mass is 245 g/mol. The Balaban J connectivity index is 1.83. The molecule has 1 aromatic carbocycles. The summed E-state index contributed by atoms with van der Waals surface area (Å²) < 4.78 is 5.43. The molecule has 0 aliphatic heterocycles. The first kappa shape index (κ1) is 12.7. The second kappa shape index (κ2) is 6.84. The number of para-hydroxylation sites is 1. The summed E-state index contributed by atoms with van der Waals surface area (Å²) in [6, 6.07) is 9.37. The Hall–Kier alpha value is -1.77. The topological polar surface area (TPSA) is 38.3 Å². The molecule has 18 heavy (non-hydrogen) atoms. The molecule has 1 aliphatic rings. The Morgan fingerprint density at radius 1 is 1.17 bits per heavy atom. The molecule has 0 saturated carbocycles. The SMILES string of the molecule is O=C(Nc1ccccc1)O[C@@H]1CC=CCCCC1. The molecule has 0 aromatic heterocycles. The molecule has 2 rings (SSSR count). The van der Waals surface area contributed by atoms with E-state index < -0.39 is 0 Å². The Kier molecular flexibility index (Phi) is 4.82. The van der Waals surface area contributed by atoms with Crippen LogP contribution in [0.4, 0.5) is 10.5 Å². The minimum Gasteiger partial charge on any atom is -0.446 e. The molecule has 0 heterocycles. The van der Waals surface area contributed by atoms with E-state index in [0.29, 0.717) is 0 Å². The average molecular weight is 245 g/mol. The molecule has 1 atom stereocenters. The smallest absolute Gasteiger partial charge is 0.411 e. The maximum atomic E-state index is 11.7. The molecule has 0 bridgehead atoms. The molecule has 0 spiro atoms. The lowest BCUT2D eigenvalue weighted by molar-refractivity contribution is 0.104. The fraction of sp³-hybridized carbons (Fsp3) is 0.400. The number of hydrogen-bond donors (Lipinski definition) is 1. The van der Waals surface area contributed by atoms with Crippen LogP contribution < -0.4 is 5.32 Å². The minimum absolute atomic E-state index is 0.00487. The molecule has 3 nitrogen and oxygen atoms in total. The van der Waals surface area contributed by atoms with Crippen LogP contribution in [0.1, 0.15) is 32.1 Å². The zero-order valence-electron chi connectivity index (χ0n) is 10.5. The van der Waals surface area contributed by atoms with Crippen LogP contribution in [0.3, 0.4) is 0 Å². The van der Waals surface area contributed by atoms with Crippen molar-refractivity contribution in [2.75, 3.05) is 5.32 Å². The van der Waals surface area contributed by atoms with Crippen LogP contribution in [0.25, 0.3) is 0 Å². The lowest BCUT2D eigenvalue weighted by Gasteiger charge is -2.18. The predicted octanol–water partition coefficient (Wildman–Crippen LogP) is 4.12. The first-order valence-corrected chi connectivity index (χ1v) is 6.52. The third-order valence-electron chi connectivity index (χ3n) is 3.01. The Morgan fingerprint density at radius 2 is 2.00 bits per heavy atom. The van der Waals surface area contributed by atoms with Crippen LogP contribution in [-0.2, 0) is 4.74 Å². The highest BCUT2D eigenvalue weighted by Gasteiger charge is 2.13. The Morgan fingerprint density at radius 3 is 2.83 bits per heavy atom. The number of ether oxygens (including phenoxy) is 1. The van der Waals surface area contributed by atoms with Crippen molar-refractivity contribution in [2.24, 2.45) is 0 Å². The number of hydrogen-bond acceptors (Lipinski definition) is 2. The van der Waals surface area contributed by atoms with Crippen LogP contribution >= 0.6 is 0 Å². The quantitative estimate of drug-likeness (QED) is 0.796. The van der Waals surface area contributed by atoms with Gasteiger partial charge in [0.1, 0.15) is 6.10 Å². The van der Waals surface area contributed by atoms with Crippen molar-refractivity contribution in [2.45, 2.75) is 38.2 Å². The fourth-order valence-corrected chi connectivity index (χ4v) is 2.05. The van der Waals surface area contributed by atoms with Gasteiger partial charge in [0.15, 0.2) is 0 Å².